The summed E-state index contributed by atoms with van der Waals surface area (Å²) in [6, 6.07) is 6.25. The van der Waals surface area contributed by atoms with Gasteiger partial charge in [-0.15, -0.1) is 0 Å². The number of benzene rings is 1. The maximum atomic E-state index is 5.36. The van der Waals surface area contributed by atoms with E-state index >= 15 is 0 Å². The molecule has 0 aromatic heterocycles. The van der Waals surface area contributed by atoms with Gasteiger partial charge in [-0.25, -0.2) is 0 Å². The van der Waals surface area contributed by atoms with Crippen molar-refractivity contribution >= 4 is 21.0 Å². The molecule has 1 aromatic rings. The lowest BCUT2D eigenvalue weighted by Crippen LogP contribution is -2.46. The molecule has 0 spiro atoms. The lowest BCUT2D eigenvalue weighted by atomic mass is 9.84. The molecule has 2 aliphatic rings. The van der Waals surface area contributed by atoms with Gasteiger partial charge >= 0.3 is 7.48 Å². The van der Waals surface area contributed by atoms with Crippen molar-refractivity contribution in [3.8, 4) is 5.75 Å². The van der Waals surface area contributed by atoms with E-state index < -0.39 is 8.07 Å². The average molecular weight is 255 g/mol. The molecule has 18 heavy (non-hydrogen) atoms. The van der Waals surface area contributed by atoms with E-state index in [1.54, 1.807) is 7.48 Å². The van der Waals surface area contributed by atoms with Gasteiger partial charge in [0.1, 0.15) is 0 Å². The molecule has 1 heterocycles. The quantitative estimate of drug-likeness (QED) is 0.597. The molecule has 1 radical (unpaired) electrons. The first kappa shape index (κ1) is 11.8. The fourth-order valence-electron chi connectivity index (χ4n) is 2.74. The van der Waals surface area contributed by atoms with Gasteiger partial charge in [0.25, 0.3) is 0 Å². The van der Waals surface area contributed by atoms with E-state index in [1.807, 2.05) is 6.07 Å². The van der Waals surface area contributed by atoms with E-state index in [0.717, 1.165) is 11.2 Å². The van der Waals surface area contributed by atoms with Crippen molar-refractivity contribution in [1.82, 2.24) is 0 Å². The molecule has 2 nitrogen and oxygen atoms in total. The third kappa shape index (κ3) is 1.52. The van der Waals surface area contributed by atoms with E-state index in [4.69, 9.17) is 9.69 Å². The van der Waals surface area contributed by atoms with Crippen molar-refractivity contribution in [2.75, 3.05) is 0 Å². The van der Waals surface area contributed by atoms with Gasteiger partial charge in [-0.05, 0) is 5.46 Å². The smallest absolute Gasteiger partial charge is 0.354 e. The summed E-state index contributed by atoms with van der Waals surface area (Å²) in [5.74, 6) is 0.871. The highest BCUT2D eigenvalue weighted by atomic mass is 28.3. The Labute approximate surface area is 110 Å². The minimum atomic E-state index is -1.48. The zero-order valence-electron chi connectivity index (χ0n) is 10.9. The Hall–Kier alpha value is -1.26. The van der Waals surface area contributed by atoms with Crippen molar-refractivity contribution in [1.29, 1.82) is 0 Å². The van der Waals surface area contributed by atoms with Gasteiger partial charge in [-0.2, -0.15) is 0 Å². The summed E-state index contributed by atoms with van der Waals surface area (Å²) in [4.78, 5) is 10.4. The topological polar surface area (TPSA) is 18.5 Å². The third-order valence-electron chi connectivity index (χ3n) is 3.87. The highest BCUT2D eigenvalue weighted by Gasteiger charge is 2.44. The maximum absolute atomic E-state index is 5.36. The molecule has 0 saturated heterocycles. The molecule has 91 valence electrons. The summed E-state index contributed by atoms with van der Waals surface area (Å²) in [7, 11) is 0.185. The van der Waals surface area contributed by atoms with Crippen molar-refractivity contribution in [3.05, 3.63) is 48.1 Å². The van der Waals surface area contributed by atoms with Crippen LogP contribution in [0.1, 0.15) is 5.56 Å². The number of fused-ring (bicyclic) bond motifs is 1. The van der Waals surface area contributed by atoms with Crippen LogP contribution in [0, 0.1) is 0 Å². The molecule has 0 fully saturated rings. The van der Waals surface area contributed by atoms with Crippen LogP contribution >= 0.6 is 0 Å². The molecule has 1 aliphatic carbocycles. The second-order valence-electron chi connectivity index (χ2n) is 5.86. The Morgan fingerprint density at radius 3 is 2.50 bits per heavy atom. The second kappa shape index (κ2) is 3.87. The summed E-state index contributed by atoms with van der Waals surface area (Å²) in [5, 5.41) is -0.000116. The van der Waals surface area contributed by atoms with Gasteiger partial charge in [0, 0.05) is 10.6 Å². The molecule has 1 aromatic carbocycles. The van der Waals surface area contributed by atoms with Crippen LogP contribution in [0.3, 0.4) is 0 Å². The Kier molecular flexibility index (Phi) is 2.54. The predicted molar refractivity (Wildman–Crippen MR) is 76.8 cm³/mol. The molecule has 0 unspecified atom stereocenters. The monoisotopic (exact) mass is 255 g/mol. The average Bonchev–Trinajstić information content (AvgIpc) is 2.97. The van der Waals surface area contributed by atoms with Crippen LogP contribution in [0.25, 0.3) is 0 Å². The van der Waals surface area contributed by atoms with Gasteiger partial charge in [0.15, 0.2) is 5.75 Å². The molecular weight excluding hydrogens is 239 g/mol. The first-order valence-electron chi connectivity index (χ1n) is 6.22. The van der Waals surface area contributed by atoms with Gasteiger partial charge < -0.3 is 4.89 Å². The van der Waals surface area contributed by atoms with E-state index in [9.17, 15) is 0 Å². The van der Waals surface area contributed by atoms with Crippen LogP contribution in [0.2, 0.25) is 19.6 Å². The van der Waals surface area contributed by atoms with E-state index in [0.29, 0.717) is 0 Å². The fraction of sp³-hybridized carbons (Fsp3) is 0.286. The van der Waals surface area contributed by atoms with Crippen LogP contribution in [0.5, 0.6) is 5.75 Å². The maximum Gasteiger partial charge on any atom is 0.402 e. The Morgan fingerprint density at radius 1 is 1.11 bits per heavy atom. The van der Waals surface area contributed by atoms with E-state index in [-0.39, 0.29) is 5.04 Å². The van der Waals surface area contributed by atoms with Crippen LogP contribution < -0.4 is 10.4 Å². The van der Waals surface area contributed by atoms with Gasteiger partial charge in [-0.3, -0.25) is 4.81 Å². The first-order valence-corrected chi connectivity index (χ1v) is 9.72. The minimum Gasteiger partial charge on any atom is -0.354 e. The Bertz CT molecular complexity index is 531. The Morgan fingerprint density at radius 2 is 1.83 bits per heavy atom. The molecule has 0 bridgehead atoms. The van der Waals surface area contributed by atoms with E-state index in [2.05, 4.69) is 56.1 Å². The van der Waals surface area contributed by atoms with Crippen molar-refractivity contribution < 1.29 is 9.69 Å². The predicted octanol–water partition coefficient (Wildman–Crippen LogP) is 2.50. The number of para-hydroxylation sites is 1. The normalized spacial score (nSPS) is 19.5. The molecule has 4 heteroatoms. The highest BCUT2D eigenvalue weighted by molar-refractivity contribution is 6.80. The number of allylic oxidation sites excluding steroid dienone is 4. The number of rotatable bonds is 2. The lowest BCUT2D eigenvalue weighted by molar-refractivity contribution is -0.0869. The molecule has 0 atom stereocenters. The number of hydrogen-bond acceptors (Lipinski definition) is 2. The van der Waals surface area contributed by atoms with Crippen molar-refractivity contribution in [2.45, 2.75) is 24.7 Å². The molecule has 3 rings (SSSR count). The first-order chi connectivity index (χ1) is 8.55. The lowest BCUT2D eigenvalue weighted by Gasteiger charge is -2.38. The highest BCUT2D eigenvalue weighted by Crippen LogP contribution is 2.44. The van der Waals surface area contributed by atoms with Gasteiger partial charge in [-0.1, -0.05) is 62.1 Å². The van der Waals surface area contributed by atoms with Crippen LogP contribution in [-0.2, 0) is 9.84 Å². The van der Waals surface area contributed by atoms with Gasteiger partial charge in [0.05, 0.1) is 8.07 Å². The molecule has 0 N–H and O–H groups in total. The Balaban J connectivity index is 2.22. The molecular formula is C14H16BO2Si. The minimum absolute atomic E-state index is 0.000116. The summed E-state index contributed by atoms with van der Waals surface area (Å²) < 4.78 is 0. The zero-order valence-corrected chi connectivity index (χ0v) is 11.9. The van der Waals surface area contributed by atoms with Gasteiger partial charge in [0.2, 0.25) is 0 Å². The van der Waals surface area contributed by atoms with E-state index in [1.165, 1.54) is 5.56 Å². The van der Waals surface area contributed by atoms with Crippen LogP contribution in [-0.4, -0.2) is 15.6 Å². The summed E-state index contributed by atoms with van der Waals surface area (Å²) in [5.41, 5.74) is 2.25. The van der Waals surface area contributed by atoms with Crippen molar-refractivity contribution in [3.63, 3.8) is 0 Å². The van der Waals surface area contributed by atoms with Crippen molar-refractivity contribution in [2.24, 2.45) is 0 Å². The standard InChI is InChI=1S/C14H16BO2Si/c1-18(2,3)14(9-4-5-10-14)11-7-6-8-12-13(11)16-17-15-12/h4-10H,1-3H3. The number of hydrogen-bond donors (Lipinski definition) is 0. The summed E-state index contributed by atoms with van der Waals surface area (Å²) in [6.07, 6.45) is 8.88. The summed E-state index contributed by atoms with van der Waals surface area (Å²) >= 11 is 0. The molecule has 0 saturated carbocycles. The van der Waals surface area contributed by atoms with Crippen LogP contribution in [0.4, 0.5) is 0 Å². The third-order valence-corrected chi connectivity index (χ3v) is 6.95. The SMILES string of the molecule is C[Si](C)(C)C1(c2cccc3c2OO[B]3)C=CC=C1. The second-order valence-corrected chi connectivity index (χ2v) is 11.2. The zero-order chi connectivity index (χ0) is 12.8. The summed E-state index contributed by atoms with van der Waals surface area (Å²) in [6.45, 7) is 7.14. The molecule has 0 amide bonds. The fourth-order valence-corrected chi connectivity index (χ4v) is 4.94. The van der Waals surface area contributed by atoms with Crippen LogP contribution in [0.15, 0.2) is 42.5 Å². The molecule has 1 aliphatic heterocycles. The largest absolute Gasteiger partial charge is 0.402 e.